The summed E-state index contributed by atoms with van der Waals surface area (Å²) < 4.78 is 7.90. The lowest BCUT2D eigenvalue weighted by atomic mass is 9.88. The van der Waals surface area contributed by atoms with E-state index in [1.807, 2.05) is 24.3 Å². The van der Waals surface area contributed by atoms with Crippen molar-refractivity contribution in [2.45, 2.75) is 12.8 Å². The molecule has 126 valence electrons. The molecule has 0 aliphatic heterocycles. The fourth-order valence-electron chi connectivity index (χ4n) is 3.25. The summed E-state index contributed by atoms with van der Waals surface area (Å²) in [6.45, 7) is 0. The standard InChI is InChI=1S/C18H14BrN3O3/c1-25-15-8-10-2-3-12-16(18(23)24)21-22(11-4-6-20-7-5-11)17(12)13(10)9-14(15)19/h4-9H,2-3H2,1H3,(H,23,24). The summed E-state index contributed by atoms with van der Waals surface area (Å²) in [5, 5.41) is 13.9. The number of ether oxygens (including phenoxy) is 1. The largest absolute Gasteiger partial charge is 0.496 e. The third kappa shape index (κ3) is 2.51. The van der Waals surface area contributed by atoms with E-state index >= 15 is 0 Å². The summed E-state index contributed by atoms with van der Waals surface area (Å²) in [7, 11) is 1.63. The number of carboxylic acids is 1. The Balaban J connectivity index is 2.02. The Hall–Kier alpha value is -2.67. The van der Waals surface area contributed by atoms with E-state index in [0.29, 0.717) is 6.42 Å². The Morgan fingerprint density at radius 1 is 1.28 bits per heavy atom. The molecule has 2 aromatic heterocycles. The van der Waals surface area contributed by atoms with Gasteiger partial charge in [0.15, 0.2) is 5.69 Å². The molecule has 4 rings (SSSR count). The molecule has 0 spiro atoms. The Morgan fingerprint density at radius 3 is 2.72 bits per heavy atom. The molecule has 25 heavy (non-hydrogen) atoms. The van der Waals surface area contributed by atoms with Crippen molar-refractivity contribution in [3.63, 3.8) is 0 Å². The number of pyridine rings is 1. The zero-order valence-electron chi connectivity index (χ0n) is 13.4. The lowest BCUT2D eigenvalue weighted by Crippen LogP contribution is -2.09. The minimum atomic E-state index is -1.01. The first kappa shape index (κ1) is 15.8. The number of carboxylic acid groups (broad SMARTS) is 1. The molecule has 1 aliphatic carbocycles. The van der Waals surface area contributed by atoms with Gasteiger partial charge in [-0.25, -0.2) is 9.48 Å². The SMILES string of the molecule is COc1cc2c(cc1Br)-c1c(c(C(=O)O)nn1-c1ccncc1)CC2. The first-order valence-electron chi connectivity index (χ1n) is 7.72. The van der Waals surface area contributed by atoms with Crippen LogP contribution in [0, 0.1) is 0 Å². The zero-order chi connectivity index (χ0) is 17.6. The highest BCUT2D eigenvalue weighted by Crippen LogP contribution is 2.41. The first-order chi connectivity index (χ1) is 12.1. The molecular weight excluding hydrogens is 386 g/mol. The summed E-state index contributed by atoms with van der Waals surface area (Å²) in [6.07, 6.45) is 4.70. The Labute approximate surface area is 152 Å². The number of benzene rings is 1. The van der Waals surface area contributed by atoms with Crippen LogP contribution in [-0.2, 0) is 12.8 Å². The molecule has 0 atom stereocenters. The Bertz CT molecular complexity index is 983. The third-order valence-corrected chi connectivity index (χ3v) is 4.99. The molecule has 0 saturated heterocycles. The fraction of sp³-hybridized carbons (Fsp3) is 0.167. The van der Waals surface area contributed by atoms with Crippen molar-refractivity contribution in [3.8, 4) is 22.7 Å². The molecular formula is C18H14BrN3O3. The number of nitrogens with zero attached hydrogens (tertiary/aromatic N) is 3. The van der Waals surface area contributed by atoms with Crippen LogP contribution >= 0.6 is 15.9 Å². The van der Waals surface area contributed by atoms with Crippen LogP contribution in [0.25, 0.3) is 16.9 Å². The van der Waals surface area contributed by atoms with Crippen LogP contribution in [0.5, 0.6) is 5.75 Å². The Kier molecular flexibility index (Phi) is 3.80. The maximum absolute atomic E-state index is 11.7. The second-order valence-corrected chi connectivity index (χ2v) is 6.60. The number of hydrogen-bond donors (Lipinski definition) is 1. The van der Waals surface area contributed by atoms with E-state index in [9.17, 15) is 9.90 Å². The van der Waals surface area contributed by atoms with Crippen molar-refractivity contribution < 1.29 is 14.6 Å². The molecule has 1 aromatic carbocycles. The number of rotatable bonds is 3. The molecule has 7 heteroatoms. The van der Waals surface area contributed by atoms with Gasteiger partial charge in [0.2, 0.25) is 0 Å². The highest BCUT2D eigenvalue weighted by Gasteiger charge is 2.29. The summed E-state index contributed by atoms with van der Waals surface area (Å²) >= 11 is 3.52. The van der Waals surface area contributed by atoms with Crippen LogP contribution in [0.4, 0.5) is 0 Å². The van der Waals surface area contributed by atoms with Crippen molar-refractivity contribution in [2.75, 3.05) is 7.11 Å². The predicted octanol–water partition coefficient (Wildman–Crippen LogP) is 3.50. The Morgan fingerprint density at radius 2 is 2.04 bits per heavy atom. The minimum Gasteiger partial charge on any atom is -0.496 e. The summed E-state index contributed by atoms with van der Waals surface area (Å²) in [6, 6.07) is 7.58. The maximum atomic E-state index is 11.7. The third-order valence-electron chi connectivity index (χ3n) is 4.37. The quantitative estimate of drug-likeness (QED) is 0.728. The van der Waals surface area contributed by atoms with E-state index in [0.717, 1.165) is 44.7 Å². The summed E-state index contributed by atoms with van der Waals surface area (Å²) in [5.41, 5.74) is 4.52. The van der Waals surface area contributed by atoms with Gasteiger partial charge < -0.3 is 9.84 Å². The number of halogens is 1. The van der Waals surface area contributed by atoms with Crippen molar-refractivity contribution in [2.24, 2.45) is 0 Å². The maximum Gasteiger partial charge on any atom is 0.356 e. The van der Waals surface area contributed by atoms with Gasteiger partial charge in [-0.1, -0.05) is 0 Å². The van der Waals surface area contributed by atoms with Gasteiger partial charge >= 0.3 is 5.97 Å². The molecule has 6 nitrogen and oxygen atoms in total. The number of fused-ring (bicyclic) bond motifs is 3. The second-order valence-electron chi connectivity index (χ2n) is 5.74. The van der Waals surface area contributed by atoms with E-state index in [-0.39, 0.29) is 5.69 Å². The van der Waals surface area contributed by atoms with Crippen molar-refractivity contribution in [1.82, 2.24) is 14.8 Å². The van der Waals surface area contributed by atoms with Crippen LogP contribution < -0.4 is 4.74 Å². The van der Waals surface area contributed by atoms with Gasteiger partial charge in [0.25, 0.3) is 0 Å². The molecule has 0 bridgehead atoms. The van der Waals surface area contributed by atoms with Gasteiger partial charge in [0.05, 0.1) is 23.0 Å². The molecule has 0 unspecified atom stereocenters. The topological polar surface area (TPSA) is 77.2 Å². The average molecular weight is 400 g/mol. The van der Waals surface area contributed by atoms with Crippen LogP contribution in [0.1, 0.15) is 21.6 Å². The molecule has 0 saturated carbocycles. The van der Waals surface area contributed by atoms with Gasteiger partial charge in [0, 0.05) is 23.5 Å². The molecule has 2 heterocycles. The van der Waals surface area contributed by atoms with Crippen LogP contribution in [0.3, 0.4) is 0 Å². The number of methoxy groups -OCH3 is 1. The van der Waals surface area contributed by atoms with Gasteiger partial charge in [-0.2, -0.15) is 5.10 Å². The van der Waals surface area contributed by atoms with E-state index < -0.39 is 5.97 Å². The average Bonchev–Trinajstić information content (AvgIpc) is 3.02. The van der Waals surface area contributed by atoms with Crippen LogP contribution in [0.2, 0.25) is 0 Å². The molecule has 1 N–H and O–H groups in total. The van der Waals surface area contributed by atoms with E-state index in [2.05, 4.69) is 26.0 Å². The van der Waals surface area contributed by atoms with E-state index in [1.54, 1.807) is 24.2 Å². The van der Waals surface area contributed by atoms with E-state index in [4.69, 9.17) is 4.74 Å². The molecule has 0 fully saturated rings. The molecule has 0 radical (unpaired) electrons. The highest BCUT2D eigenvalue weighted by atomic mass is 79.9. The first-order valence-corrected chi connectivity index (χ1v) is 8.52. The normalized spacial score (nSPS) is 12.4. The lowest BCUT2D eigenvalue weighted by molar-refractivity contribution is 0.0688. The fourth-order valence-corrected chi connectivity index (χ4v) is 3.75. The van der Waals surface area contributed by atoms with Crippen molar-refractivity contribution in [1.29, 1.82) is 0 Å². The van der Waals surface area contributed by atoms with Gasteiger partial charge in [-0.3, -0.25) is 4.98 Å². The number of aromatic nitrogens is 3. The van der Waals surface area contributed by atoms with Crippen LogP contribution in [0.15, 0.2) is 41.1 Å². The second kappa shape index (κ2) is 6.00. The zero-order valence-corrected chi connectivity index (χ0v) is 14.9. The van der Waals surface area contributed by atoms with Gasteiger partial charge in [-0.15, -0.1) is 0 Å². The monoisotopic (exact) mass is 399 g/mol. The molecule has 3 aromatic rings. The smallest absolute Gasteiger partial charge is 0.356 e. The van der Waals surface area contributed by atoms with Gasteiger partial charge in [0.1, 0.15) is 5.75 Å². The van der Waals surface area contributed by atoms with Crippen molar-refractivity contribution in [3.05, 3.63) is 58.0 Å². The minimum absolute atomic E-state index is 0.101. The highest BCUT2D eigenvalue weighted by molar-refractivity contribution is 9.10. The number of aromatic carboxylic acids is 1. The number of hydrogen-bond acceptors (Lipinski definition) is 4. The lowest BCUT2D eigenvalue weighted by Gasteiger charge is -2.20. The predicted molar refractivity (Wildman–Crippen MR) is 95.4 cm³/mol. The van der Waals surface area contributed by atoms with Crippen molar-refractivity contribution >= 4 is 21.9 Å². The van der Waals surface area contributed by atoms with Gasteiger partial charge in [-0.05, 0) is 58.6 Å². The molecule has 0 amide bonds. The van der Waals surface area contributed by atoms with E-state index in [1.165, 1.54) is 0 Å². The number of aryl methyl sites for hydroxylation is 1. The number of carbonyl (C=O) groups is 1. The summed E-state index contributed by atoms with van der Waals surface area (Å²) in [4.78, 5) is 15.7. The molecule has 1 aliphatic rings. The summed E-state index contributed by atoms with van der Waals surface area (Å²) in [5.74, 6) is -0.254. The van der Waals surface area contributed by atoms with Crippen LogP contribution in [-0.4, -0.2) is 33.0 Å².